The summed E-state index contributed by atoms with van der Waals surface area (Å²) >= 11 is 6.15. The molecule has 110 valence electrons. The second-order valence-corrected chi connectivity index (χ2v) is 5.66. The van der Waals surface area contributed by atoms with E-state index in [-0.39, 0.29) is 0 Å². The van der Waals surface area contributed by atoms with Crippen LogP contribution in [-0.4, -0.2) is 14.5 Å². The first-order valence-corrected chi connectivity index (χ1v) is 8.14. The third kappa shape index (κ3) is 2.40. The van der Waals surface area contributed by atoms with Crippen molar-refractivity contribution in [1.29, 1.82) is 0 Å². The van der Waals surface area contributed by atoms with Gasteiger partial charge in [-0.05, 0) is 18.9 Å². The fourth-order valence-corrected chi connectivity index (χ4v) is 3.30. The van der Waals surface area contributed by atoms with E-state index in [2.05, 4.69) is 35.5 Å². The molecule has 1 unspecified atom stereocenters. The van der Waals surface area contributed by atoms with Gasteiger partial charge in [0.25, 0.3) is 0 Å². The number of pyridine rings is 1. The van der Waals surface area contributed by atoms with Gasteiger partial charge in [-0.15, -0.1) is 11.6 Å². The molecule has 0 fully saturated rings. The summed E-state index contributed by atoms with van der Waals surface area (Å²) in [5.74, 6) is 1.38. The normalized spacial score (nSPS) is 13.1. The van der Waals surface area contributed by atoms with Crippen molar-refractivity contribution in [3.8, 4) is 0 Å². The minimum absolute atomic E-state index is 0.434. The molecule has 0 saturated heterocycles. The minimum Gasteiger partial charge on any atom is -0.323 e. The van der Waals surface area contributed by atoms with Crippen molar-refractivity contribution in [3.63, 3.8) is 0 Å². The number of rotatable bonds is 5. The summed E-state index contributed by atoms with van der Waals surface area (Å²) in [6.07, 6.45) is 5.24. The van der Waals surface area contributed by atoms with Crippen LogP contribution in [0.15, 0.2) is 30.5 Å². The Hall–Kier alpha value is -1.61. The molecule has 0 aliphatic rings. The summed E-state index contributed by atoms with van der Waals surface area (Å²) in [4.78, 5) is 9.21. The number of halogens is 1. The Morgan fingerprint density at radius 2 is 2.00 bits per heavy atom. The van der Waals surface area contributed by atoms with Gasteiger partial charge in [0, 0.05) is 11.4 Å². The molecule has 0 radical (unpaired) electrons. The quantitative estimate of drug-likeness (QED) is 0.616. The van der Waals surface area contributed by atoms with Gasteiger partial charge < -0.3 is 4.57 Å². The van der Waals surface area contributed by atoms with Gasteiger partial charge in [-0.1, -0.05) is 38.5 Å². The Balaban J connectivity index is 2.36. The highest BCUT2D eigenvalue weighted by molar-refractivity contribution is 6.17. The minimum atomic E-state index is 0.434. The van der Waals surface area contributed by atoms with E-state index in [0.29, 0.717) is 11.9 Å². The van der Waals surface area contributed by atoms with Crippen LogP contribution >= 0.6 is 11.6 Å². The fraction of sp³-hybridized carbons (Fsp3) is 0.412. The predicted molar refractivity (Wildman–Crippen MR) is 88.8 cm³/mol. The molecule has 4 heteroatoms. The Bertz CT molecular complexity index is 763. The van der Waals surface area contributed by atoms with Crippen LogP contribution in [0.25, 0.3) is 21.9 Å². The van der Waals surface area contributed by atoms with Gasteiger partial charge in [-0.25, -0.2) is 4.98 Å². The molecule has 2 heterocycles. The average molecular weight is 302 g/mol. The van der Waals surface area contributed by atoms with Crippen molar-refractivity contribution in [3.05, 3.63) is 36.3 Å². The highest BCUT2D eigenvalue weighted by atomic mass is 35.5. The summed E-state index contributed by atoms with van der Waals surface area (Å²) < 4.78 is 2.34. The number of imidazole rings is 1. The number of aromatic nitrogens is 3. The smallest absolute Gasteiger partial charge is 0.125 e. The first kappa shape index (κ1) is 14.3. The average Bonchev–Trinajstić information content (AvgIpc) is 2.91. The molecule has 3 nitrogen and oxygen atoms in total. The first-order chi connectivity index (χ1) is 10.3. The molecule has 0 spiro atoms. The molecular formula is C17H20ClN3. The first-order valence-electron chi connectivity index (χ1n) is 7.60. The van der Waals surface area contributed by atoms with E-state index in [1.165, 1.54) is 5.52 Å². The maximum atomic E-state index is 6.15. The van der Waals surface area contributed by atoms with Crippen LogP contribution in [0.2, 0.25) is 0 Å². The Kier molecular flexibility index (Phi) is 4.11. The van der Waals surface area contributed by atoms with E-state index < -0.39 is 0 Å². The molecular weight excluding hydrogens is 282 g/mol. The van der Waals surface area contributed by atoms with E-state index in [0.717, 1.165) is 41.5 Å². The third-order valence-corrected chi connectivity index (χ3v) is 4.31. The molecule has 0 aliphatic carbocycles. The van der Waals surface area contributed by atoms with Gasteiger partial charge >= 0.3 is 0 Å². The molecule has 0 amide bonds. The number of hydrogen-bond acceptors (Lipinski definition) is 2. The van der Waals surface area contributed by atoms with Crippen molar-refractivity contribution in [2.75, 3.05) is 0 Å². The summed E-state index contributed by atoms with van der Waals surface area (Å²) in [5.41, 5.74) is 3.13. The third-order valence-electron chi connectivity index (χ3n) is 4.07. The largest absolute Gasteiger partial charge is 0.323 e. The van der Waals surface area contributed by atoms with Crippen molar-refractivity contribution in [2.45, 2.75) is 45.0 Å². The second kappa shape index (κ2) is 6.02. The van der Waals surface area contributed by atoms with Crippen molar-refractivity contribution >= 4 is 33.5 Å². The van der Waals surface area contributed by atoms with Crippen LogP contribution < -0.4 is 0 Å². The SMILES string of the molecule is CCCC(CC)n1c(CCl)nc2cnc3ccccc3c21. The zero-order chi connectivity index (χ0) is 14.8. The summed E-state index contributed by atoms with van der Waals surface area (Å²) in [6.45, 7) is 4.45. The van der Waals surface area contributed by atoms with Crippen LogP contribution in [0.5, 0.6) is 0 Å². The lowest BCUT2D eigenvalue weighted by molar-refractivity contribution is 0.449. The van der Waals surface area contributed by atoms with Gasteiger partial charge in [0.05, 0.1) is 23.1 Å². The van der Waals surface area contributed by atoms with Gasteiger partial charge in [-0.3, -0.25) is 4.98 Å². The van der Waals surface area contributed by atoms with E-state index in [9.17, 15) is 0 Å². The molecule has 2 aromatic heterocycles. The predicted octanol–water partition coefficient (Wildman–Crippen LogP) is 5.07. The van der Waals surface area contributed by atoms with Crippen LogP contribution in [0.4, 0.5) is 0 Å². The van der Waals surface area contributed by atoms with E-state index in [4.69, 9.17) is 16.6 Å². The summed E-state index contributed by atoms with van der Waals surface area (Å²) in [7, 11) is 0. The second-order valence-electron chi connectivity index (χ2n) is 5.39. The Morgan fingerprint density at radius 3 is 2.71 bits per heavy atom. The maximum absolute atomic E-state index is 6.15. The molecule has 0 bridgehead atoms. The van der Waals surface area contributed by atoms with Gasteiger partial charge in [-0.2, -0.15) is 0 Å². The topological polar surface area (TPSA) is 30.7 Å². The molecule has 0 aliphatic heterocycles. The fourth-order valence-electron chi connectivity index (χ4n) is 3.11. The lowest BCUT2D eigenvalue weighted by atomic mass is 10.1. The number of para-hydroxylation sites is 1. The van der Waals surface area contributed by atoms with Gasteiger partial charge in [0.2, 0.25) is 0 Å². The van der Waals surface area contributed by atoms with Crippen LogP contribution in [0, 0.1) is 0 Å². The van der Waals surface area contributed by atoms with Gasteiger partial charge in [0.1, 0.15) is 11.3 Å². The maximum Gasteiger partial charge on any atom is 0.125 e. The lowest BCUT2D eigenvalue weighted by Crippen LogP contribution is -2.11. The van der Waals surface area contributed by atoms with Crippen LogP contribution in [0.3, 0.4) is 0 Å². The number of fused-ring (bicyclic) bond motifs is 3. The van der Waals surface area contributed by atoms with Crippen molar-refractivity contribution < 1.29 is 0 Å². The zero-order valence-electron chi connectivity index (χ0n) is 12.5. The van der Waals surface area contributed by atoms with E-state index >= 15 is 0 Å². The number of benzene rings is 1. The Labute approximate surface area is 130 Å². The highest BCUT2D eigenvalue weighted by Gasteiger charge is 2.19. The summed E-state index contributed by atoms with van der Waals surface area (Å²) in [6, 6.07) is 8.70. The standard InChI is InChI=1S/C17H20ClN3/c1-3-7-12(4-2)21-16(10-18)20-15-11-19-14-9-6-5-8-13(14)17(15)21/h5-6,8-9,11-12H,3-4,7,10H2,1-2H3. The molecule has 1 aromatic carbocycles. The van der Waals surface area contributed by atoms with Crippen molar-refractivity contribution in [2.24, 2.45) is 0 Å². The molecule has 0 N–H and O–H groups in total. The molecule has 3 rings (SSSR count). The number of nitrogens with zero attached hydrogens (tertiary/aromatic N) is 3. The monoisotopic (exact) mass is 301 g/mol. The zero-order valence-corrected chi connectivity index (χ0v) is 13.3. The molecule has 0 saturated carbocycles. The van der Waals surface area contributed by atoms with Gasteiger partial charge in [0.15, 0.2) is 0 Å². The number of hydrogen-bond donors (Lipinski definition) is 0. The van der Waals surface area contributed by atoms with Crippen molar-refractivity contribution in [1.82, 2.24) is 14.5 Å². The molecule has 1 atom stereocenters. The van der Waals surface area contributed by atoms with Crippen LogP contribution in [-0.2, 0) is 5.88 Å². The Morgan fingerprint density at radius 1 is 1.19 bits per heavy atom. The lowest BCUT2D eigenvalue weighted by Gasteiger charge is -2.20. The van der Waals surface area contributed by atoms with Crippen LogP contribution in [0.1, 0.15) is 45.0 Å². The number of alkyl halides is 1. The molecule has 3 aromatic rings. The van der Waals surface area contributed by atoms with E-state index in [1.54, 1.807) is 0 Å². The highest BCUT2D eigenvalue weighted by Crippen LogP contribution is 2.31. The summed E-state index contributed by atoms with van der Waals surface area (Å²) in [5, 5.41) is 1.16. The van der Waals surface area contributed by atoms with E-state index in [1.807, 2.05) is 18.3 Å². The molecule has 21 heavy (non-hydrogen) atoms.